The molecule has 4 amide bonds. The Morgan fingerprint density at radius 1 is 1.10 bits per heavy atom. The number of carbonyl (C=O) groups excluding carboxylic acids is 4. The summed E-state index contributed by atoms with van der Waals surface area (Å²) >= 11 is 0. The van der Waals surface area contributed by atoms with E-state index >= 15 is 0 Å². The lowest BCUT2D eigenvalue weighted by Gasteiger charge is -2.32. The van der Waals surface area contributed by atoms with Crippen molar-refractivity contribution >= 4 is 44.7 Å². The number of nitrogens with one attached hydrogen (secondary N) is 4. The second-order valence-corrected chi connectivity index (χ2v) is 20.4. The number of aromatic nitrogens is 3. The van der Waals surface area contributed by atoms with Crippen LogP contribution >= 0.6 is 0 Å². The highest BCUT2D eigenvalue weighted by Gasteiger charge is 2.62. The van der Waals surface area contributed by atoms with Crippen molar-refractivity contribution in [2.75, 3.05) is 20.3 Å². The first kappa shape index (κ1) is 43.3. The molecule has 1 unspecified atom stereocenters. The van der Waals surface area contributed by atoms with E-state index in [9.17, 15) is 27.6 Å². The molecule has 4 heterocycles. The van der Waals surface area contributed by atoms with Crippen molar-refractivity contribution in [2.24, 2.45) is 17.3 Å². The fraction of sp³-hybridized carbons (Fsp3) is 0.591. The number of fused-ring (bicyclic) bond motifs is 3. The molecule has 62 heavy (non-hydrogen) atoms. The van der Waals surface area contributed by atoms with Gasteiger partial charge in [-0.1, -0.05) is 32.8 Å². The molecule has 334 valence electrons. The predicted molar refractivity (Wildman–Crippen MR) is 227 cm³/mol. The molecule has 2 aromatic heterocycles. The number of aromatic amines is 1. The SMILES string of the molecule is C=C[C@H]1CC1(NC(=O)[C@@H]1C[C@@H]2CN1C(=O)[C@H](C1CCCC1)NC(=O)OCC(C)(C)CCCc1cc3c(cc(OCc4cc(C)[nH]n4)nc3cc1OC)O2)C(=O)NS(=O)(=O)C1CC1. The minimum absolute atomic E-state index is 0.0139. The van der Waals surface area contributed by atoms with E-state index in [1.165, 1.54) is 11.0 Å². The molecule has 3 aliphatic carbocycles. The topological polar surface area (TPSA) is 220 Å². The van der Waals surface area contributed by atoms with Crippen molar-refractivity contribution < 1.29 is 46.5 Å². The summed E-state index contributed by atoms with van der Waals surface area (Å²) in [6, 6.07) is 5.23. The van der Waals surface area contributed by atoms with Gasteiger partial charge < -0.3 is 34.5 Å². The zero-order valence-corrected chi connectivity index (χ0v) is 36.6. The maximum atomic E-state index is 14.9. The first-order chi connectivity index (χ1) is 29.6. The molecule has 3 saturated carbocycles. The van der Waals surface area contributed by atoms with Crippen LogP contribution in [0.5, 0.6) is 17.4 Å². The summed E-state index contributed by atoms with van der Waals surface area (Å²) in [5.74, 6) is -1.41. The number of carbonyl (C=O) groups is 4. The summed E-state index contributed by atoms with van der Waals surface area (Å²) < 4.78 is 52.5. The van der Waals surface area contributed by atoms with Crippen molar-refractivity contribution in [1.29, 1.82) is 0 Å². The molecule has 2 aliphatic heterocycles. The number of sulfonamides is 1. The molecular weight excluding hydrogens is 819 g/mol. The number of rotatable bonds is 11. The zero-order chi connectivity index (χ0) is 44.0. The van der Waals surface area contributed by atoms with Crippen molar-refractivity contribution in [3.63, 3.8) is 0 Å². The van der Waals surface area contributed by atoms with E-state index in [0.717, 1.165) is 36.9 Å². The van der Waals surface area contributed by atoms with Gasteiger partial charge in [0, 0.05) is 35.6 Å². The molecule has 0 radical (unpaired) electrons. The Hall–Kier alpha value is -5.39. The fourth-order valence-corrected chi connectivity index (χ4v) is 10.5. The fourth-order valence-electron chi connectivity index (χ4n) is 9.18. The summed E-state index contributed by atoms with van der Waals surface area (Å²) in [5.41, 5.74) is 1.04. The molecular formula is C44H57N7O10S. The third-order valence-electron chi connectivity index (χ3n) is 13.0. The van der Waals surface area contributed by atoms with Gasteiger partial charge in [0.2, 0.25) is 27.7 Å². The quantitative estimate of drug-likeness (QED) is 0.196. The molecule has 8 rings (SSSR count). The van der Waals surface area contributed by atoms with Gasteiger partial charge in [0.15, 0.2) is 0 Å². The van der Waals surface area contributed by atoms with Crippen LogP contribution in [0.25, 0.3) is 10.9 Å². The van der Waals surface area contributed by atoms with Crippen LogP contribution < -0.4 is 29.6 Å². The number of hydrogen-bond donors (Lipinski definition) is 4. The summed E-state index contributed by atoms with van der Waals surface area (Å²) in [6.07, 6.45) is 6.37. The van der Waals surface area contributed by atoms with Crippen LogP contribution in [0.2, 0.25) is 0 Å². The molecule has 4 fully saturated rings. The van der Waals surface area contributed by atoms with Gasteiger partial charge in [-0.05, 0) is 87.3 Å². The second-order valence-electron chi connectivity index (χ2n) is 18.4. The van der Waals surface area contributed by atoms with E-state index < -0.39 is 74.1 Å². The van der Waals surface area contributed by atoms with Gasteiger partial charge in [0.05, 0.1) is 36.7 Å². The van der Waals surface area contributed by atoms with Crippen molar-refractivity contribution in [3.8, 4) is 17.4 Å². The van der Waals surface area contributed by atoms with Crippen molar-refractivity contribution in [1.82, 2.24) is 35.4 Å². The molecule has 4 N–H and O–H groups in total. The van der Waals surface area contributed by atoms with Crippen LogP contribution in [0.4, 0.5) is 4.79 Å². The number of cyclic esters (lactones) is 1. The molecule has 1 saturated heterocycles. The monoisotopic (exact) mass is 875 g/mol. The lowest BCUT2D eigenvalue weighted by Crippen LogP contribution is -2.59. The lowest BCUT2D eigenvalue weighted by molar-refractivity contribution is -0.142. The zero-order valence-electron chi connectivity index (χ0n) is 35.8. The second kappa shape index (κ2) is 17.1. The van der Waals surface area contributed by atoms with Gasteiger partial charge in [-0.2, -0.15) is 5.10 Å². The summed E-state index contributed by atoms with van der Waals surface area (Å²) in [7, 11) is -2.33. The summed E-state index contributed by atoms with van der Waals surface area (Å²) in [4.78, 5) is 63.1. The number of alkyl carbamates (subject to hydrolysis) is 1. The van der Waals surface area contributed by atoms with Crippen LogP contribution in [0, 0.1) is 24.2 Å². The Balaban J connectivity index is 1.16. The highest BCUT2D eigenvalue weighted by molar-refractivity contribution is 7.91. The molecule has 5 atom stereocenters. The molecule has 5 aliphatic rings. The minimum atomic E-state index is -3.93. The smallest absolute Gasteiger partial charge is 0.407 e. The highest BCUT2D eigenvalue weighted by Crippen LogP contribution is 2.46. The van der Waals surface area contributed by atoms with Crippen LogP contribution in [0.3, 0.4) is 0 Å². The maximum absolute atomic E-state index is 14.9. The van der Waals surface area contributed by atoms with Crippen LogP contribution in [-0.2, 0) is 42.2 Å². The van der Waals surface area contributed by atoms with Crippen LogP contribution in [-0.4, -0.2) is 102 Å². The molecule has 1 aromatic carbocycles. The van der Waals surface area contributed by atoms with Crippen molar-refractivity contribution in [3.05, 3.63) is 53.9 Å². The number of amides is 4. The number of benzene rings is 1. The maximum Gasteiger partial charge on any atom is 0.407 e. The van der Waals surface area contributed by atoms with E-state index in [2.05, 4.69) is 32.1 Å². The standard InChI is InChI=1S/C44H57N7O10S/c1-6-28-21-44(28,41(54)50-62(56,57)31-13-14-31)47-39(52)34-18-30-22-51(34)40(53)38(26-10-7-8-11-26)46-42(55)60-24-43(3,4)15-9-12-27-17-32-33(19-35(27)58-5)45-37(20-36(32)61-30)59-23-29-16-25(2)48-49-29/h6,16-17,19-20,26,28,30-31,34,38H,1,7-15,18,21-24H2,2-5H3,(H,46,55)(H,47,52)(H,48,49)(H,50,54)/t28-,30+,34-,38-,44?/m0/s1. The van der Waals surface area contributed by atoms with Crippen molar-refractivity contribution in [2.45, 2.75) is 127 Å². The van der Waals surface area contributed by atoms with Crippen LogP contribution in [0.1, 0.15) is 95.0 Å². The molecule has 17 nitrogen and oxygen atoms in total. The summed E-state index contributed by atoms with van der Waals surface area (Å²) in [6.45, 7) is 9.96. The Labute approximate surface area is 361 Å². The average Bonchev–Trinajstić information content (AvgIpc) is 4.03. The molecule has 0 spiro atoms. The Bertz CT molecular complexity index is 2360. The number of nitrogens with zero attached hydrogens (tertiary/aromatic N) is 3. The first-order valence-electron chi connectivity index (χ1n) is 21.6. The number of methoxy groups -OCH3 is 1. The Morgan fingerprint density at radius 3 is 2.55 bits per heavy atom. The average molecular weight is 876 g/mol. The number of H-pyrrole nitrogens is 1. The predicted octanol–water partition coefficient (Wildman–Crippen LogP) is 4.52. The van der Waals surface area contributed by atoms with Gasteiger partial charge >= 0.3 is 6.09 Å². The highest BCUT2D eigenvalue weighted by atomic mass is 32.2. The minimum Gasteiger partial charge on any atom is -0.496 e. The van der Waals surface area contributed by atoms with Crippen LogP contribution in [0.15, 0.2) is 36.9 Å². The van der Waals surface area contributed by atoms with E-state index in [0.29, 0.717) is 60.2 Å². The van der Waals surface area contributed by atoms with Gasteiger partial charge in [-0.15, -0.1) is 6.58 Å². The first-order valence-corrected chi connectivity index (χ1v) is 23.2. The number of pyridine rings is 1. The number of aryl methyl sites for hydroxylation is 2. The third kappa shape index (κ3) is 9.20. The molecule has 3 aromatic rings. The lowest BCUT2D eigenvalue weighted by atomic mass is 9.87. The normalized spacial score (nSPS) is 26.7. The van der Waals surface area contributed by atoms with E-state index in [1.54, 1.807) is 13.2 Å². The van der Waals surface area contributed by atoms with Gasteiger partial charge in [-0.3, -0.25) is 24.2 Å². The molecule has 4 bridgehead atoms. The molecule has 18 heteroatoms. The summed E-state index contributed by atoms with van der Waals surface area (Å²) in [5, 5.41) is 13.0. The van der Waals surface area contributed by atoms with Gasteiger partial charge in [0.25, 0.3) is 5.91 Å². The Morgan fingerprint density at radius 2 is 1.87 bits per heavy atom. The van der Waals surface area contributed by atoms with E-state index in [-0.39, 0.29) is 44.4 Å². The number of ether oxygens (including phenoxy) is 4. The Kier molecular flexibility index (Phi) is 11.9. The largest absolute Gasteiger partial charge is 0.496 e. The van der Waals surface area contributed by atoms with E-state index in [1.807, 2.05) is 39.0 Å². The number of hydrogen-bond acceptors (Lipinski definition) is 12. The third-order valence-corrected chi connectivity index (χ3v) is 14.8. The van der Waals surface area contributed by atoms with Gasteiger partial charge in [-0.25, -0.2) is 18.2 Å². The van der Waals surface area contributed by atoms with Gasteiger partial charge in [0.1, 0.15) is 41.8 Å². The van der Waals surface area contributed by atoms with E-state index in [4.69, 9.17) is 23.9 Å².